The topological polar surface area (TPSA) is 92.8 Å². The van der Waals surface area contributed by atoms with Gasteiger partial charge in [0.1, 0.15) is 24.0 Å². The van der Waals surface area contributed by atoms with Gasteiger partial charge in [-0.05, 0) is 41.0 Å². The van der Waals surface area contributed by atoms with Gasteiger partial charge in [-0.3, -0.25) is 14.5 Å². The molecule has 264 valence electrons. The maximum Gasteiger partial charge on any atom is 0.358 e. The Morgan fingerprint density at radius 1 is 0.596 bits per heavy atom. The quantitative estimate of drug-likeness (QED) is 0.0932. The minimum atomic E-state index is -1.14. The summed E-state index contributed by atoms with van der Waals surface area (Å²) >= 11 is 5.64. The number of carbonyl (C=O) groups excluding carboxylic acids is 2. The average molecular weight is 716 g/mol. The number of carbonyl (C=O) groups is 2. The first-order valence-corrected chi connectivity index (χ1v) is 17.4. The van der Waals surface area contributed by atoms with Gasteiger partial charge >= 0.3 is 5.24 Å². The van der Waals surface area contributed by atoms with Crippen molar-refractivity contribution in [2.75, 3.05) is 6.61 Å². The van der Waals surface area contributed by atoms with E-state index in [9.17, 15) is 9.59 Å². The molecule has 0 radical (unpaired) electrons. The molecule has 0 aromatic heterocycles. The number of amides is 2. The summed E-state index contributed by atoms with van der Waals surface area (Å²) in [7, 11) is 0. The molecule has 2 aliphatic rings. The van der Waals surface area contributed by atoms with Crippen LogP contribution < -0.4 is 4.74 Å². The van der Waals surface area contributed by atoms with Crippen LogP contribution in [0.1, 0.15) is 37.4 Å². The molecule has 2 heterocycles. The molecule has 0 bridgehead atoms. The van der Waals surface area contributed by atoms with Crippen molar-refractivity contribution in [3.05, 3.63) is 173 Å². The number of rotatable bonds is 13. The third-order valence-corrected chi connectivity index (χ3v) is 9.03. The summed E-state index contributed by atoms with van der Waals surface area (Å²) in [4.78, 5) is 29.5. The van der Waals surface area contributed by atoms with E-state index >= 15 is 0 Å². The Kier molecular flexibility index (Phi) is 11.4. The van der Waals surface area contributed by atoms with Crippen molar-refractivity contribution < 1.29 is 38.0 Å². The second kappa shape index (κ2) is 16.9. The summed E-state index contributed by atoms with van der Waals surface area (Å²) < 4.78 is 38.5. The standard InChI is InChI=1S/C42H37NO8S/c44-39-33-23-13-14-24-34(33)40(45)43(39)36-38(47-26-30-17-7-2-8-18-30)37(51-42(52)49-32-21-11-4-12-22-32)35(28-46-25-29-15-5-1-6-16-29)50-41(36)48-27-31-19-9-3-10-20-31/h1-24,35-38,41H,25-28H2/t35-,36+,37+,38+,41+/m0/s1. The smallest absolute Gasteiger partial charge is 0.358 e. The van der Waals surface area contributed by atoms with Gasteiger partial charge in [0.15, 0.2) is 12.4 Å². The number of para-hydroxylation sites is 1. The van der Waals surface area contributed by atoms with Crippen LogP contribution in [0.3, 0.4) is 0 Å². The molecule has 9 nitrogen and oxygen atoms in total. The van der Waals surface area contributed by atoms with Crippen molar-refractivity contribution >= 4 is 29.3 Å². The number of nitrogens with zero attached hydrogens (tertiary/aromatic N) is 1. The summed E-state index contributed by atoms with van der Waals surface area (Å²) in [5, 5.41) is -0.189. The highest BCUT2D eigenvalue weighted by molar-refractivity contribution is 7.79. The number of benzene rings is 5. The number of imide groups is 1. The van der Waals surface area contributed by atoms with Crippen LogP contribution in [-0.2, 0) is 43.5 Å². The molecule has 2 aliphatic heterocycles. The molecule has 5 aromatic rings. The lowest BCUT2D eigenvalue weighted by Crippen LogP contribution is -2.67. The van der Waals surface area contributed by atoms with Crippen molar-refractivity contribution in [3.63, 3.8) is 0 Å². The zero-order valence-electron chi connectivity index (χ0n) is 28.2. The summed E-state index contributed by atoms with van der Waals surface area (Å²) in [6.07, 6.45) is -4.01. The minimum Gasteiger partial charge on any atom is -0.448 e. The van der Waals surface area contributed by atoms with E-state index in [2.05, 4.69) is 0 Å². The fourth-order valence-electron chi connectivity index (χ4n) is 6.35. The van der Waals surface area contributed by atoms with Gasteiger partial charge < -0.3 is 28.4 Å². The maximum absolute atomic E-state index is 14.1. The van der Waals surface area contributed by atoms with E-state index in [1.165, 1.54) is 4.90 Å². The predicted molar refractivity (Wildman–Crippen MR) is 196 cm³/mol. The highest BCUT2D eigenvalue weighted by atomic mass is 32.1. The van der Waals surface area contributed by atoms with Crippen LogP contribution >= 0.6 is 12.2 Å². The monoisotopic (exact) mass is 715 g/mol. The molecule has 5 atom stereocenters. The van der Waals surface area contributed by atoms with Gasteiger partial charge in [0.05, 0.1) is 37.6 Å². The molecule has 0 N–H and O–H groups in total. The Balaban J connectivity index is 1.27. The van der Waals surface area contributed by atoms with E-state index in [4.69, 9.17) is 40.6 Å². The lowest BCUT2D eigenvalue weighted by Gasteiger charge is -2.47. The molecule has 10 heteroatoms. The second-order valence-corrected chi connectivity index (χ2v) is 12.7. The average Bonchev–Trinajstić information content (AvgIpc) is 3.44. The largest absolute Gasteiger partial charge is 0.448 e. The van der Waals surface area contributed by atoms with Gasteiger partial charge in [-0.15, -0.1) is 0 Å². The summed E-state index contributed by atoms with van der Waals surface area (Å²) in [5.74, 6) is -0.503. The molecule has 1 fully saturated rings. The van der Waals surface area contributed by atoms with Crippen molar-refractivity contribution in [2.45, 2.75) is 50.5 Å². The number of hydrogen-bond acceptors (Lipinski definition) is 9. The van der Waals surface area contributed by atoms with Crippen LogP contribution in [0.15, 0.2) is 146 Å². The lowest BCUT2D eigenvalue weighted by atomic mass is 9.94. The van der Waals surface area contributed by atoms with E-state index in [0.717, 1.165) is 16.7 Å². The first kappa shape index (κ1) is 35.2. The number of ether oxygens (including phenoxy) is 6. The van der Waals surface area contributed by atoms with Gasteiger partial charge in [-0.2, -0.15) is 0 Å². The molecule has 7 rings (SSSR count). The number of fused-ring (bicyclic) bond motifs is 1. The van der Waals surface area contributed by atoms with E-state index < -0.39 is 42.5 Å². The molecule has 1 saturated heterocycles. The Hall–Kier alpha value is -5.23. The van der Waals surface area contributed by atoms with Crippen LogP contribution in [0.25, 0.3) is 0 Å². The maximum atomic E-state index is 14.1. The third-order valence-electron chi connectivity index (χ3n) is 8.85. The Labute approximate surface area is 307 Å². The fourth-order valence-corrected chi connectivity index (χ4v) is 6.56. The Morgan fingerprint density at radius 2 is 1.08 bits per heavy atom. The molecule has 2 amide bonds. The molecular formula is C42H37NO8S. The number of hydrogen-bond donors (Lipinski definition) is 0. The van der Waals surface area contributed by atoms with E-state index in [1.54, 1.807) is 36.4 Å². The van der Waals surface area contributed by atoms with Gasteiger partial charge in [-0.25, -0.2) is 0 Å². The molecule has 52 heavy (non-hydrogen) atoms. The van der Waals surface area contributed by atoms with Gasteiger partial charge in [-0.1, -0.05) is 121 Å². The highest BCUT2D eigenvalue weighted by Gasteiger charge is 2.56. The lowest BCUT2D eigenvalue weighted by molar-refractivity contribution is -0.291. The van der Waals surface area contributed by atoms with Gasteiger partial charge in [0.2, 0.25) is 0 Å². The SMILES string of the molecule is O=C1c2ccccc2C(=O)N1[C@H]1[C@H](OCc2ccccc2)O[C@@H](COCc2ccccc2)[C@@H](OC(=S)Oc2ccccc2)[C@@H]1OCc1ccccc1. The van der Waals surface area contributed by atoms with E-state index in [0.29, 0.717) is 12.4 Å². The summed E-state index contributed by atoms with van der Waals surface area (Å²) in [6, 6.07) is 43.6. The van der Waals surface area contributed by atoms with Crippen LogP contribution in [0.5, 0.6) is 5.75 Å². The van der Waals surface area contributed by atoms with Crippen LogP contribution in [0.2, 0.25) is 0 Å². The van der Waals surface area contributed by atoms with Crippen molar-refractivity contribution in [3.8, 4) is 5.75 Å². The summed E-state index contributed by atoms with van der Waals surface area (Å²) in [6.45, 7) is 0.597. The fraction of sp³-hybridized carbons (Fsp3) is 0.214. The van der Waals surface area contributed by atoms with Crippen molar-refractivity contribution in [2.24, 2.45) is 0 Å². The third kappa shape index (κ3) is 8.28. The highest BCUT2D eigenvalue weighted by Crippen LogP contribution is 2.36. The van der Waals surface area contributed by atoms with Crippen molar-refractivity contribution in [1.82, 2.24) is 4.90 Å². The van der Waals surface area contributed by atoms with Crippen LogP contribution in [0, 0.1) is 0 Å². The van der Waals surface area contributed by atoms with E-state index in [-0.39, 0.29) is 36.2 Å². The van der Waals surface area contributed by atoms with E-state index in [1.807, 2.05) is 109 Å². The molecule has 5 aromatic carbocycles. The molecule has 0 spiro atoms. The first-order chi connectivity index (χ1) is 25.5. The molecule has 0 saturated carbocycles. The second-order valence-electron chi connectivity index (χ2n) is 12.4. The molecule has 0 unspecified atom stereocenters. The summed E-state index contributed by atoms with van der Waals surface area (Å²) in [5.41, 5.74) is 3.28. The minimum absolute atomic E-state index is 0.0404. The zero-order chi connectivity index (χ0) is 35.7. The first-order valence-electron chi connectivity index (χ1n) is 17.0. The number of thiocarbonyl (C=S) groups is 1. The normalized spacial score (nSPS) is 21.1. The zero-order valence-corrected chi connectivity index (χ0v) is 29.0. The van der Waals surface area contributed by atoms with Gasteiger partial charge in [0, 0.05) is 12.2 Å². The Bertz CT molecular complexity index is 1910. The van der Waals surface area contributed by atoms with Crippen molar-refractivity contribution in [1.29, 1.82) is 0 Å². The Morgan fingerprint density at radius 3 is 1.63 bits per heavy atom. The molecular weight excluding hydrogens is 679 g/mol. The van der Waals surface area contributed by atoms with Gasteiger partial charge in [0.25, 0.3) is 11.8 Å². The van der Waals surface area contributed by atoms with Crippen LogP contribution in [0.4, 0.5) is 0 Å². The van der Waals surface area contributed by atoms with Crippen LogP contribution in [-0.4, -0.2) is 59.2 Å². The predicted octanol–water partition coefficient (Wildman–Crippen LogP) is 7.14. The molecule has 0 aliphatic carbocycles.